The van der Waals surface area contributed by atoms with Crippen LogP contribution in [0.25, 0.3) is 10.9 Å². The maximum absolute atomic E-state index is 14.1. The second-order valence-electron chi connectivity index (χ2n) is 10.0. The van der Waals surface area contributed by atoms with Crippen LogP contribution in [-0.4, -0.2) is 38.5 Å². The van der Waals surface area contributed by atoms with Crippen LogP contribution in [0.4, 0.5) is 25.1 Å². The molecule has 1 atom stereocenters. The summed E-state index contributed by atoms with van der Waals surface area (Å²) in [6, 6.07) is 0.694. The van der Waals surface area contributed by atoms with Crippen molar-refractivity contribution in [3.8, 4) is 0 Å². The number of primary amides is 1. The number of fused-ring (bicyclic) bond motifs is 1. The molecule has 2 aliphatic rings. The maximum Gasteiger partial charge on any atom is 0.324 e. The zero-order valence-electron chi connectivity index (χ0n) is 19.8. The van der Waals surface area contributed by atoms with Crippen LogP contribution in [0.1, 0.15) is 51.1 Å². The molecule has 0 radical (unpaired) electrons. The molecule has 200 valence electrons. The lowest BCUT2D eigenvalue weighted by Crippen LogP contribution is -2.47. The van der Waals surface area contributed by atoms with Gasteiger partial charge in [0.25, 0.3) is 0 Å². The molecule has 1 aromatic carbocycles. The number of hydrogen-bond donors (Lipinski definition) is 3. The van der Waals surface area contributed by atoms with Crippen molar-refractivity contribution in [3.63, 3.8) is 0 Å². The number of aliphatic hydroxyl groups is 2. The van der Waals surface area contributed by atoms with Gasteiger partial charge in [-0.2, -0.15) is 5.10 Å². The molecule has 7 nitrogen and oxygen atoms in total. The lowest BCUT2D eigenvalue weighted by molar-refractivity contribution is -0.118. The third-order valence-corrected chi connectivity index (χ3v) is 7.86. The van der Waals surface area contributed by atoms with Gasteiger partial charge in [-0.15, -0.1) is 0 Å². The number of hydrogen-bond acceptors (Lipinski definition) is 5. The van der Waals surface area contributed by atoms with Gasteiger partial charge in [-0.1, -0.05) is 31.6 Å². The summed E-state index contributed by atoms with van der Waals surface area (Å²) in [5.41, 5.74) is 3.35. The molecule has 36 heavy (non-hydrogen) atoms. The number of halogens is 5. The summed E-state index contributed by atoms with van der Waals surface area (Å²) in [5, 5.41) is 22.8. The highest BCUT2D eigenvalue weighted by molar-refractivity contribution is 8.48. The lowest BCUT2D eigenvalue weighted by atomic mass is 9.87. The summed E-state index contributed by atoms with van der Waals surface area (Å²) in [5.74, 6) is -1.06. The van der Waals surface area contributed by atoms with Gasteiger partial charge in [0, 0.05) is 29.4 Å². The first-order chi connectivity index (χ1) is 16.4. The molecule has 1 saturated carbocycles. The molecule has 0 bridgehead atoms. The number of amides is 1. The second-order valence-corrected chi connectivity index (χ2v) is 12.4. The molecule has 2 aromatic rings. The maximum atomic E-state index is 14.1. The molecule has 1 fully saturated rings. The molecular weight excluding hydrogens is 507 g/mol. The topological polar surface area (TPSA) is 105 Å². The number of nitrogens with zero attached hydrogens (tertiary/aromatic N) is 3. The van der Waals surface area contributed by atoms with E-state index in [1.165, 1.54) is 26.0 Å². The molecular formula is C23H29F5N4O3S. The molecule has 1 aromatic heterocycles. The van der Waals surface area contributed by atoms with Crippen LogP contribution in [0, 0.1) is 5.92 Å². The van der Waals surface area contributed by atoms with Crippen LogP contribution in [0.15, 0.2) is 41.6 Å². The first-order valence-corrected chi connectivity index (χ1v) is 13.4. The van der Waals surface area contributed by atoms with Crippen LogP contribution in [0.5, 0.6) is 0 Å². The minimum absolute atomic E-state index is 0.00863. The molecule has 1 aliphatic carbocycles. The van der Waals surface area contributed by atoms with Gasteiger partial charge in [-0.3, -0.25) is 9.48 Å². The number of aliphatic hydroxyl groups excluding tert-OH is 1. The van der Waals surface area contributed by atoms with Crippen molar-refractivity contribution in [1.29, 1.82) is 0 Å². The average molecular weight is 537 g/mol. The Balaban J connectivity index is 1.90. The van der Waals surface area contributed by atoms with Gasteiger partial charge in [0.15, 0.2) is 5.03 Å². The Morgan fingerprint density at radius 2 is 1.81 bits per heavy atom. The number of aromatic nitrogens is 2. The fraction of sp³-hybridized carbons (Fsp3) is 0.478. The van der Waals surface area contributed by atoms with E-state index < -0.39 is 38.5 Å². The molecule has 4 rings (SSSR count). The van der Waals surface area contributed by atoms with Crippen LogP contribution >= 0.6 is 10.2 Å². The summed E-state index contributed by atoms with van der Waals surface area (Å²) in [6.07, 6.45) is 6.59. The summed E-state index contributed by atoms with van der Waals surface area (Å²) in [4.78, 5) is 12.3. The van der Waals surface area contributed by atoms with E-state index in [0.29, 0.717) is 10.9 Å². The third-order valence-electron chi connectivity index (χ3n) is 6.74. The van der Waals surface area contributed by atoms with E-state index >= 15 is 0 Å². The Morgan fingerprint density at radius 1 is 1.17 bits per heavy atom. The Bertz CT molecular complexity index is 1260. The molecule has 4 N–H and O–H groups in total. The van der Waals surface area contributed by atoms with E-state index in [1.807, 2.05) is 0 Å². The number of rotatable bonds is 6. The van der Waals surface area contributed by atoms with Crippen molar-refractivity contribution >= 4 is 32.7 Å². The Kier molecular flexibility index (Phi) is 5.82. The van der Waals surface area contributed by atoms with Crippen LogP contribution in [-0.2, 0) is 10.4 Å². The summed E-state index contributed by atoms with van der Waals surface area (Å²) in [7, 11) is -10.3. The standard InChI is InChI=1S/C23H29F5N4O3S/c1-23(2,35)17-11-18-15(12-31(30-18)16-8-6-14(13-33)7-9-16)10-20(17)32-19(22(29)34)4-3-5-21(32)36(24,25,26,27)28/h3-5,10-12,14,16,19,33,35H,6-9,13H2,1-2H3,(H2,29,34). The third kappa shape index (κ3) is 5.09. The van der Waals surface area contributed by atoms with Gasteiger partial charge in [-0.25, -0.2) is 0 Å². The van der Waals surface area contributed by atoms with E-state index in [4.69, 9.17) is 5.73 Å². The number of anilines is 1. The van der Waals surface area contributed by atoms with E-state index in [-0.39, 0.29) is 35.1 Å². The summed E-state index contributed by atoms with van der Waals surface area (Å²) >= 11 is 0. The molecule has 0 spiro atoms. The van der Waals surface area contributed by atoms with Crippen molar-refractivity contribution in [2.45, 2.75) is 57.2 Å². The smallest absolute Gasteiger partial charge is 0.324 e. The SMILES string of the molecule is CC(C)(O)c1cc2nn(C3CCC(CO)CC3)cc2cc1N1C(S(F)(F)(F)(F)F)=CC=CC1C(N)=O. The Morgan fingerprint density at radius 3 is 2.33 bits per heavy atom. The predicted octanol–water partition coefficient (Wildman–Crippen LogP) is 5.36. The van der Waals surface area contributed by atoms with Gasteiger partial charge in [0.2, 0.25) is 5.91 Å². The normalized spacial score (nSPS) is 25.4. The first-order valence-electron chi connectivity index (χ1n) is 11.5. The van der Waals surface area contributed by atoms with Crippen LogP contribution in [0.3, 0.4) is 0 Å². The highest BCUT2D eigenvalue weighted by Crippen LogP contribution is 3.02. The molecule has 1 aliphatic heterocycles. The van der Waals surface area contributed by atoms with E-state index in [0.717, 1.165) is 37.8 Å². The lowest BCUT2D eigenvalue weighted by Gasteiger charge is -2.49. The predicted molar refractivity (Wildman–Crippen MR) is 129 cm³/mol. The molecule has 1 unspecified atom stereocenters. The summed E-state index contributed by atoms with van der Waals surface area (Å²) in [6.45, 7) is 2.69. The number of benzene rings is 1. The molecule has 0 saturated heterocycles. The fourth-order valence-corrected chi connectivity index (χ4v) is 5.82. The minimum Gasteiger partial charge on any atom is -0.396 e. The second kappa shape index (κ2) is 7.93. The highest BCUT2D eigenvalue weighted by atomic mass is 32.5. The highest BCUT2D eigenvalue weighted by Gasteiger charge is 2.70. The quantitative estimate of drug-likeness (QED) is 0.432. The largest absolute Gasteiger partial charge is 0.396 e. The van der Waals surface area contributed by atoms with E-state index in [9.17, 15) is 34.4 Å². The van der Waals surface area contributed by atoms with E-state index in [1.54, 1.807) is 10.9 Å². The van der Waals surface area contributed by atoms with Gasteiger partial charge in [-0.05, 0) is 63.7 Å². The average Bonchev–Trinajstić information content (AvgIpc) is 3.19. The number of carbonyl (C=O) groups excluding carboxylic acids is 1. The van der Waals surface area contributed by atoms with Gasteiger partial charge in [0.05, 0.1) is 17.2 Å². The van der Waals surface area contributed by atoms with Crippen LogP contribution in [0.2, 0.25) is 0 Å². The van der Waals surface area contributed by atoms with Gasteiger partial charge in [0.1, 0.15) is 6.04 Å². The van der Waals surface area contributed by atoms with Gasteiger partial charge < -0.3 is 20.8 Å². The van der Waals surface area contributed by atoms with E-state index in [2.05, 4.69) is 5.10 Å². The fourth-order valence-electron chi connectivity index (χ4n) is 4.90. The molecule has 2 heterocycles. The summed E-state index contributed by atoms with van der Waals surface area (Å²) < 4.78 is 72.3. The monoisotopic (exact) mass is 536 g/mol. The number of carbonyl (C=O) groups is 1. The molecule has 1 amide bonds. The van der Waals surface area contributed by atoms with Crippen molar-refractivity contribution < 1.29 is 34.4 Å². The van der Waals surface area contributed by atoms with Crippen molar-refractivity contribution in [1.82, 2.24) is 9.78 Å². The zero-order valence-corrected chi connectivity index (χ0v) is 20.6. The Hall–Kier alpha value is -2.64. The van der Waals surface area contributed by atoms with Crippen molar-refractivity contribution in [2.24, 2.45) is 11.7 Å². The van der Waals surface area contributed by atoms with Crippen molar-refractivity contribution in [2.75, 3.05) is 11.5 Å². The number of nitrogens with two attached hydrogens (primary N) is 1. The first kappa shape index (κ1) is 26.4. The Labute approximate surface area is 204 Å². The van der Waals surface area contributed by atoms with Crippen LogP contribution < -0.4 is 10.6 Å². The van der Waals surface area contributed by atoms with Crippen molar-refractivity contribution in [3.05, 3.63) is 47.2 Å². The number of allylic oxidation sites excluding steroid dienone is 2. The van der Waals surface area contributed by atoms with Gasteiger partial charge >= 0.3 is 10.2 Å². The molecule has 13 heteroatoms. The minimum atomic E-state index is -10.3. The zero-order chi connectivity index (χ0) is 26.7.